The first kappa shape index (κ1) is 15.4. The molecular weight excluding hydrogens is 286 g/mol. The van der Waals surface area contributed by atoms with Crippen LogP contribution >= 0.6 is 0 Å². The number of hydrogen-bond acceptors (Lipinski definition) is 6. The van der Waals surface area contributed by atoms with E-state index in [4.69, 9.17) is 19.5 Å². The first-order valence-corrected chi connectivity index (χ1v) is 6.35. The number of aryl methyl sites for hydroxylation is 1. The van der Waals surface area contributed by atoms with Crippen LogP contribution in [0.15, 0.2) is 23.0 Å². The summed E-state index contributed by atoms with van der Waals surface area (Å²) >= 11 is 0. The summed E-state index contributed by atoms with van der Waals surface area (Å²) in [7, 11) is 6.00. The third kappa shape index (κ3) is 2.46. The maximum atomic E-state index is 11.8. The first-order valence-electron chi connectivity index (χ1n) is 6.35. The molecule has 114 valence electrons. The zero-order chi connectivity index (χ0) is 16.3. The van der Waals surface area contributed by atoms with Crippen molar-refractivity contribution in [2.45, 2.75) is 0 Å². The third-order valence-corrected chi connectivity index (χ3v) is 3.16. The molecule has 7 nitrogen and oxygen atoms in total. The lowest BCUT2D eigenvalue weighted by molar-refractivity contribution is 0.325. The molecule has 0 aliphatic rings. The third-order valence-electron chi connectivity index (χ3n) is 3.16. The van der Waals surface area contributed by atoms with Crippen molar-refractivity contribution in [3.63, 3.8) is 0 Å². The minimum absolute atomic E-state index is 0.00402. The molecule has 0 amide bonds. The monoisotopic (exact) mass is 301 g/mol. The average Bonchev–Trinajstić information content (AvgIpc) is 2.55. The van der Waals surface area contributed by atoms with Crippen molar-refractivity contribution in [3.8, 4) is 34.6 Å². The zero-order valence-corrected chi connectivity index (χ0v) is 12.7. The Kier molecular flexibility index (Phi) is 4.32. The van der Waals surface area contributed by atoms with E-state index in [0.717, 1.165) is 4.68 Å². The number of benzene rings is 1. The second kappa shape index (κ2) is 6.18. The Labute approximate surface area is 127 Å². The lowest BCUT2D eigenvalue weighted by atomic mass is 10.1. The van der Waals surface area contributed by atoms with Gasteiger partial charge in [0.05, 0.1) is 27.0 Å². The molecule has 1 heterocycles. The second-order valence-electron chi connectivity index (χ2n) is 4.37. The highest BCUT2D eigenvalue weighted by molar-refractivity contribution is 5.74. The van der Waals surface area contributed by atoms with Crippen LogP contribution in [-0.4, -0.2) is 31.1 Å². The lowest BCUT2D eigenvalue weighted by Crippen LogP contribution is -2.22. The van der Waals surface area contributed by atoms with Crippen molar-refractivity contribution in [1.82, 2.24) is 9.78 Å². The Morgan fingerprint density at radius 3 is 2.36 bits per heavy atom. The second-order valence-corrected chi connectivity index (χ2v) is 4.37. The Morgan fingerprint density at radius 2 is 1.82 bits per heavy atom. The van der Waals surface area contributed by atoms with Gasteiger partial charge in [0.1, 0.15) is 11.6 Å². The maximum Gasteiger partial charge on any atom is 0.284 e. The van der Waals surface area contributed by atoms with Crippen LogP contribution in [0.25, 0.3) is 11.3 Å². The molecule has 1 aromatic carbocycles. The molecule has 0 saturated heterocycles. The van der Waals surface area contributed by atoms with Gasteiger partial charge in [-0.3, -0.25) is 4.79 Å². The molecule has 0 fully saturated rings. The molecule has 0 aliphatic carbocycles. The van der Waals surface area contributed by atoms with Gasteiger partial charge in [0.2, 0.25) is 5.75 Å². The molecule has 0 N–H and O–H groups in total. The van der Waals surface area contributed by atoms with Gasteiger partial charge in [0.25, 0.3) is 5.56 Å². The van der Waals surface area contributed by atoms with Crippen molar-refractivity contribution >= 4 is 0 Å². The van der Waals surface area contributed by atoms with Crippen LogP contribution in [0.4, 0.5) is 0 Å². The standard InChI is InChI=1S/C15H15N3O4/c1-18-15(19)9(8-16)7-11(17-18)10-5-6-12(20-2)14(22-4)13(10)21-3/h5-7H,1-4H3. The van der Waals surface area contributed by atoms with Crippen LogP contribution in [0.2, 0.25) is 0 Å². The van der Waals surface area contributed by atoms with E-state index in [1.54, 1.807) is 12.1 Å². The van der Waals surface area contributed by atoms with Gasteiger partial charge in [-0.15, -0.1) is 0 Å². The summed E-state index contributed by atoms with van der Waals surface area (Å²) in [4.78, 5) is 11.8. The fourth-order valence-corrected chi connectivity index (χ4v) is 2.12. The van der Waals surface area contributed by atoms with Gasteiger partial charge < -0.3 is 14.2 Å². The molecule has 0 aliphatic heterocycles. The van der Waals surface area contributed by atoms with E-state index in [1.807, 2.05) is 6.07 Å². The molecule has 0 bridgehead atoms. The van der Waals surface area contributed by atoms with Crippen molar-refractivity contribution in [2.75, 3.05) is 21.3 Å². The zero-order valence-electron chi connectivity index (χ0n) is 12.7. The van der Waals surface area contributed by atoms with Crippen LogP contribution in [0.3, 0.4) is 0 Å². The largest absolute Gasteiger partial charge is 0.493 e. The Bertz CT molecular complexity index is 806. The Balaban J connectivity index is 2.76. The topological polar surface area (TPSA) is 86.4 Å². The van der Waals surface area contributed by atoms with E-state index in [0.29, 0.717) is 28.5 Å². The van der Waals surface area contributed by atoms with Crippen molar-refractivity contribution in [2.24, 2.45) is 7.05 Å². The predicted octanol–water partition coefficient (Wildman–Crippen LogP) is 1.34. The van der Waals surface area contributed by atoms with Crippen LogP contribution in [0, 0.1) is 11.3 Å². The van der Waals surface area contributed by atoms with Gasteiger partial charge in [-0.1, -0.05) is 0 Å². The summed E-state index contributed by atoms with van der Waals surface area (Å²) in [6, 6.07) is 6.72. The quantitative estimate of drug-likeness (QED) is 0.847. The molecule has 22 heavy (non-hydrogen) atoms. The smallest absolute Gasteiger partial charge is 0.284 e. The van der Waals surface area contributed by atoms with Gasteiger partial charge in [-0.05, 0) is 18.2 Å². The maximum absolute atomic E-state index is 11.8. The van der Waals surface area contributed by atoms with Gasteiger partial charge in [0, 0.05) is 12.6 Å². The predicted molar refractivity (Wildman–Crippen MR) is 79.3 cm³/mol. The van der Waals surface area contributed by atoms with E-state index in [9.17, 15) is 4.79 Å². The molecule has 2 rings (SSSR count). The summed E-state index contributed by atoms with van der Waals surface area (Å²) in [5.74, 6) is 1.34. The summed E-state index contributed by atoms with van der Waals surface area (Å²) < 4.78 is 17.1. The van der Waals surface area contributed by atoms with Crippen molar-refractivity contribution in [3.05, 3.63) is 34.1 Å². The van der Waals surface area contributed by atoms with Gasteiger partial charge in [-0.2, -0.15) is 10.4 Å². The fourth-order valence-electron chi connectivity index (χ4n) is 2.12. The summed E-state index contributed by atoms with van der Waals surface area (Å²) in [5.41, 5.74) is 0.568. The molecule has 7 heteroatoms. The SMILES string of the molecule is COc1ccc(-c2cc(C#N)c(=O)n(C)n2)c(OC)c1OC. The lowest BCUT2D eigenvalue weighted by Gasteiger charge is -2.15. The van der Waals surface area contributed by atoms with Crippen LogP contribution in [-0.2, 0) is 7.05 Å². The first-order chi connectivity index (χ1) is 10.6. The fraction of sp³-hybridized carbons (Fsp3) is 0.267. The molecule has 0 radical (unpaired) electrons. The van der Waals surface area contributed by atoms with Crippen LogP contribution < -0.4 is 19.8 Å². The summed E-state index contributed by atoms with van der Waals surface area (Å²) in [6.07, 6.45) is 0. The van der Waals surface area contributed by atoms with E-state index in [2.05, 4.69) is 5.10 Å². The van der Waals surface area contributed by atoms with Gasteiger partial charge in [-0.25, -0.2) is 4.68 Å². The highest BCUT2D eigenvalue weighted by Crippen LogP contribution is 2.43. The van der Waals surface area contributed by atoms with Crippen molar-refractivity contribution in [1.29, 1.82) is 5.26 Å². The summed E-state index contributed by atoms with van der Waals surface area (Å²) in [5, 5.41) is 13.2. The molecule has 2 aromatic rings. The number of aromatic nitrogens is 2. The van der Waals surface area contributed by atoms with Gasteiger partial charge in [0.15, 0.2) is 11.5 Å². The number of rotatable bonds is 4. The summed E-state index contributed by atoms with van der Waals surface area (Å²) in [6.45, 7) is 0. The van der Waals surface area contributed by atoms with Gasteiger partial charge >= 0.3 is 0 Å². The van der Waals surface area contributed by atoms with E-state index in [-0.39, 0.29) is 5.56 Å². The molecule has 0 saturated carbocycles. The van der Waals surface area contributed by atoms with E-state index >= 15 is 0 Å². The number of nitrogens with zero attached hydrogens (tertiary/aromatic N) is 3. The number of ether oxygens (including phenoxy) is 3. The molecule has 0 spiro atoms. The van der Waals surface area contributed by atoms with Crippen LogP contribution in [0.5, 0.6) is 17.2 Å². The highest BCUT2D eigenvalue weighted by Gasteiger charge is 2.19. The minimum Gasteiger partial charge on any atom is -0.493 e. The number of methoxy groups -OCH3 is 3. The Hall–Kier alpha value is -3.01. The minimum atomic E-state index is -0.453. The molecular formula is C15H15N3O4. The Morgan fingerprint density at radius 1 is 1.14 bits per heavy atom. The number of nitriles is 1. The normalized spacial score (nSPS) is 9.95. The highest BCUT2D eigenvalue weighted by atomic mass is 16.5. The molecule has 0 atom stereocenters. The van der Waals surface area contributed by atoms with E-state index in [1.165, 1.54) is 34.4 Å². The number of hydrogen-bond donors (Lipinski definition) is 0. The van der Waals surface area contributed by atoms with Crippen molar-refractivity contribution < 1.29 is 14.2 Å². The molecule has 0 unspecified atom stereocenters. The molecule has 1 aromatic heterocycles. The van der Waals surface area contributed by atoms with E-state index < -0.39 is 5.56 Å². The average molecular weight is 301 g/mol. The van der Waals surface area contributed by atoms with Crippen LogP contribution in [0.1, 0.15) is 5.56 Å².